The summed E-state index contributed by atoms with van der Waals surface area (Å²) in [5.41, 5.74) is 0. The molecule has 0 saturated carbocycles. The molecule has 2 nitrogen and oxygen atoms in total. The van der Waals surface area contributed by atoms with E-state index in [4.69, 9.17) is 0 Å². The van der Waals surface area contributed by atoms with Gasteiger partial charge in [-0.3, -0.25) is 8.57 Å². The molecule has 0 N–H and O–H groups in total. The first-order valence-electron chi connectivity index (χ1n) is 1.49. The van der Waals surface area contributed by atoms with E-state index in [1.165, 1.54) is 13.3 Å². The van der Waals surface area contributed by atoms with Crippen molar-refractivity contribution in [3.63, 3.8) is 0 Å². The van der Waals surface area contributed by atoms with E-state index in [0.717, 1.165) is 0 Å². The molecule has 0 saturated heterocycles. The van der Waals surface area contributed by atoms with Gasteiger partial charge in [-0.2, -0.15) is 0 Å². The topological polar surface area (TPSA) is 29.4 Å². The number of nitrogens with zero attached hydrogens (tertiary/aromatic N) is 1. The molecule has 0 rings (SSSR count). The van der Waals surface area contributed by atoms with Crippen molar-refractivity contribution < 1.29 is 36.9 Å². The molecule has 0 amide bonds. The Morgan fingerprint density at radius 2 is 1.86 bits per heavy atom. The maximum absolute atomic E-state index is 10.3. The second-order valence-corrected chi connectivity index (χ2v) is 3.43. The van der Waals surface area contributed by atoms with Gasteiger partial charge in [-0.05, 0) is 6.26 Å². The maximum atomic E-state index is 10.3. The third-order valence-corrected chi connectivity index (χ3v) is 1.16. The second kappa shape index (κ2) is 3.99. The normalized spacial score (nSPS) is 16.4. The molecular weight excluding hydrogens is 187 g/mol. The van der Waals surface area contributed by atoms with E-state index in [2.05, 4.69) is 10.6 Å². The van der Waals surface area contributed by atoms with Crippen LogP contribution in [0, 0.1) is 6.26 Å². The Morgan fingerprint density at radius 1 is 1.71 bits per heavy atom. The van der Waals surface area contributed by atoms with E-state index in [-0.39, 0.29) is 32.7 Å². The van der Waals surface area contributed by atoms with E-state index in [1.807, 2.05) is 0 Å². The first kappa shape index (κ1) is 10.9. The van der Waals surface area contributed by atoms with Crippen LogP contribution >= 0.6 is 0 Å². The quantitative estimate of drug-likeness (QED) is 0.517. The zero-order valence-electron chi connectivity index (χ0n) is 4.55. The molecule has 0 aliphatic heterocycles. The first-order valence-corrected chi connectivity index (χ1v) is 3.59. The number of hydrogen-bond acceptors (Lipinski definition) is 2. The van der Waals surface area contributed by atoms with E-state index in [1.54, 1.807) is 0 Å². The van der Waals surface area contributed by atoms with Crippen molar-refractivity contribution in [2.24, 2.45) is 4.36 Å². The van der Waals surface area contributed by atoms with Gasteiger partial charge in [0, 0.05) is 39.8 Å². The molecule has 0 bridgehead atoms. The summed E-state index contributed by atoms with van der Waals surface area (Å²) in [7, 11) is -0.542. The average Bonchev–Trinajstić information content (AvgIpc) is 1.35. The van der Waals surface area contributed by atoms with Gasteiger partial charge in [-0.15, -0.1) is 0 Å². The van der Waals surface area contributed by atoms with Crippen LogP contribution in [0.2, 0.25) is 0 Å². The molecule has 1 atom stereocenters. The Hall–Kier alpha value is 1.05. The smallest absolute Gasteiger partial charge is 0.0343 e. The van der Waals surface area contributed by atoms with Crippen LogP contribution < -0.4 is 0 Å². The third-order valence-electron chi connectivity index (χ3n) is 0.386. The Kier molecular flexibility index (Phi) is 6.23. The van der Waals surface area contributed by atoms with Crippen LogP contribution in [0.15, 0.2) is 4.36 Å². The fourth-order valence-corrected chi connectivity index (χ4v) is 0. The molecule has 1 unspecified atom stereocenters. The van der Waals surface area contributed by atoms with Crippen molar-refractivity contribution in [3.05, 3.63) is 6.26 Å². The van der Waals surface area contributed by atoms with Gasteiger partial charge in [0.15, 0.2) is 0 Å². The minimum Gasteiger partial charge on any atom is -0.283 e. The van der Waals surface area contributed by atoms with Crippen LogP contribution in [0.25, 0.3) is 0 Å². The van der Waals surface area contributed by atoms with Crippen LogP contribution in [0.3, 0.4) is 0 Å². The summed E-state index contributed by atoms with van der Waals surface area (Å²) in [5.74, 6) is 0. The van der Waals surface area contributed by atoms with Crippen molar-refractivity contribution in [3.8, 4) is 0 Å². The van der Waals surface area contributed by atoms with Crippen LogP contribution in [0.5, 0.6) is 0 Å². The Bertz CT molecular complexity index is 128. The third kappa shape index (κ3) is 11.0. The molecule has 0 aliphatic carbocycles. The summed E-state index contributed by atoms with van der Waals surface area (Å²) in [6.45, 7) is 0. The van der Waals surface area contributed by atoms with Gasteiger partial charge in [-0.25, -0.2) is 6.26 Å². The summed E-state index contributed by atoms with van der Waals surface area (Å²) in [6.07, 6.45) is 4.74. The predicted molar refractivity (Wildman–Crippen MR) is 27.8 cm³/mol. The van der Waals surface area contributed by atoms with E-state index in [0.29, 0.717) is 0 Å². The van der Waals surface area contributed by atoms with E-state index >= 15 is 0 Å². The molecule has 0 aliphatic rings. The summed E-state index contributed by atoms with van der Waals surface area (Å²) in [6, 6.07) is 0. The van der Waals surface area contributed by atoms with Crippen molar-refractivity contribution in [1.29, 1.82) is 0 Å². The van der Waals surface area contributed by atoms with E-state index in [9.17, 15) is 4.21 Å². The van der Waals surface area contributed by atoms with Gasteiger partial charge >= 0.3 is 0 Å². The molecule has 4 heteroatoms. The van der Waals surface area contributed by atoms with Crippen molar-refractivity contribution >= 4 is 9.73 Å². The molecule has 7 heavy (non-hydrogen) atoms. The largest absolute Gasteiger partial charge is 0.283 e. The minimum atomic E-state index is -2.04. The zero-order chi connectivity index (χ0) is 5.21. The fourth-order valence-electron chi connectivity index (χ4n) is 0. The van der Waals surface area contributed by atoms with Crippen LogP contribution in [-0.4, -0.2) is 17.5 Å². The van der Waals surface area contributed by atoms with E-state index < -0.39 is 9.73 Å². The Labute approximate surface area is 70.1 Å². The average molecular weight is 195 g/mol. The van der Waals surface area contributed by atoms with Crippen LogP contribution in [0.4, 0.5) is 0 Å². The van der Waals surface area contributed by atoms with Gasteiger partial charge in [0.25, 0.3) is 0 Å². The van der Waals surface area contributed by atoms with Gasteiger partial charge < -0.3 is 0 Å². The monoisotopic (exact) mass is 195 g/mol. The fraction of sp³-hybridized carbons (Fsp3) is 0.667. The zero-order valence-corrected chi connectivity index (χ0v) is 8.20. The molecule has 0 fully saturated rings. The Morgan fingerprint density at radius 3 is 1.86 bits per heavy atom. The molecule has 0 aromatic rings. The van der Waals surface area contributed by atoms with Gasteiger partial charge in [0.05, 0.1) is 0 Å². The Balaban J connectivity index is 0. The standard InChI is InChI=1S/C3H8NOS.Y/c1-4-6(2,3)5;/h2H2,1,3H3;/q-1;. The van der Waals surface area contributed by atoms with Gasteiger partial charge in [-0.1, -0.05) is 9.73 Å². The molecule has 0 aromatic carbocycles. The van der Waals surface area contributed by atoms with Crippen molar-refractivity contribution in [2.45, 2.75) is 0 Å². The molecular formula is C3H8NOSY-. The SMILES string of the molecule is [CH2-]S(C)(=O)=NC.[Y]. The second-order valence-electron chi connectivity index (χ2n) is 1.14. The van der Waals surface area contributed by atoms with Gasteiger partial charge in [0.1, 0.15) is 0 Å². The molecule has 0 heterocycles. The summed E-state index contributed by atoms with van der Waals surface area (Å²) in [5, 5.41) is 0. The predicted octanol–water partition coefficient (Wildman–Crippen LogP) is 0.503. The van der Waals surface area contributed by atoms with Gasteiger partial charge in [0.2, 0.25) is 0 Å². The molecule has 0 spiro atoms. The summed E-state index contributed by atoms with van der Waals surface area (Å²) in [4.78, 5) is 0. The first-order chi connectivity index (χ1) is 2.56. The minimum absolute atomic E-state index is 0. The van der Waals surface area contributed by atoms with Crippen LogP contribution in [0.1, 0.15) is 0 Å². The maximum Gasteiger partial charge on any atom is 0.0343 e. The summed E-state index contributed by atoms with van der Waals surface area (Å²) >= 11 is 0. The number of hydrogen-bond donors (Lipinski definition) is 0. The number of rotatable bonds is 0. The molecule has 0 aromatic heterocycles. The summed E-state index contributed by atoms with van der Waals surface area (Å²) < 4.78 is 13.7. The van der Waals surface area contributed by atoms with Crippen molar-refractivity contribution in [1.82, 2.24) is 0 Å². The van der Waals surface area contributed by atoms with Crippen LogP contribution in [-0.2, 0) is 42.4 Å². The van der Waals surface area contributed by atoms with Crippen molar-refractivity contribution in [2.75, 3.05) is 13.3 Å². The molecule has 1 radical (unpaired) electrons. The molecule has 41 valence electrons.